The van der Waals surface area contributed by atoms with Crippen LogP contribution in [0.1, 0.15) is 16.1 Å². The summed E-state index contributed by atoms with van der Waals surface area (Å²) in [6.07, 6.45) is 1.49. The van der Waals surface area contributed by atoms with Crippen LogP contribution in [0.15, 0.2) is 30.5 Å². The lowest BCUT2D eigenvalue weighted by Crippen LogP contribution is -2.17. The van der Waals surface area contributed by atoms with Crippen LogP contribution in [0.25, 0.3) is 0 Å². The van der Waals surface area contributed by atoms with Crippen molar-refractivity contribution in [1.29, 1.82) is 0 Å². The van der Waals surface area contributed by atoms with Gasteiger partial charge >= 0.3 is 5.69 Å². The van der Waals surface area contributed by atoms with E-state index in [4.69, 9.17) is 0 Å². The Morgan fingerprint density at radius 2 is 2.05 bits per heavy atom. The maximum absolute atomic E-state index is 13.9. The number of nitro benzene ring substituents is 1. The maximum Gasteiger partial charge on any atom is 0.305 e. The van der Waals surface area contributed by atoms with E-state index in [0.717, 1.165) is 0 Å². The maximum atomic E-state index is 13.9. The summed E-state index contributed by atoms with van der Waals surface area (Å²) in [6, 6.07) is 4.36. The molecule has 0 spiro atoms. The van der Waals surface area contributed by atoms with Crippen LogP contribution in [-0.2, 0) is 0 Å². The molecule has 0 radical (unpaired) electrons. The number of amides is 1. The zero-order valence-corrected chi connectivity index (χ0v) is 10.8. The van der Waals surface area contributed by atoms with E-state index >= 15 is 0 Å². The molecule has 8 heteroatoms. The highest BCUT2D eigenvalue weighted by Gasteiger charge is 2.26. The van der Waals surface area contributed by atoms with E-state index in [1.54, 1.807) is 6.92 Å². The van der Waals surface area contributed by atoms with Crippen LogP contribution >= 0.6 is 0 Å². The molecule has 21 heavy (non-hydrogen) atoms. The monoisotopic (exact) mass is 293 g/mol. The van der Waals surface area contributed by atoms with Gasteiger partial charge in [0.2, 0.25) is 5.82 Å². The SMILES string of the molecule is Cc1ncccc1NC(=O)c1c(F)ccc([N+](=O)[O-])c1F. The second-order valence-corrected chi connectivity index (χ2v) is 4.10. The zero-order chi connectivity index (χ0) is 15.6. The van der Waals surface area contributed by atoms with E-state index in [1.165, 1.54) is 18.3 Å². The molecule has 1 aromatic heterocycles. The lowest BCUT2D eigenvalue weighted by molar-refractivity contribution is -0.387. The van der Waals surface area contributed by atoms with Crippen LogP contribution in [0.4, 0.5) is 20.2 Å². The molecule has 0 bridgehead atoms. The Kier molecular flexibility index (Phi) is 3.88. The first-order valence-corrected chi connectivity index (χ1v) is 5.77. The standard InChI is InChI=1S/C13H9F2N3O3/c1-7-9(3-2-6-16-7)17-13(19)11-8(14)4-5-10(12(11)15)18(20)21/h2-6H,1H3,(H,17,19). The number of aromatic nitrogens is 1. The van der Waals surface area contributed by atoms with E-state index < -0.39 is 33.7 Å². The van der Waals surface area contributed by atoms with Gasteiger partial charge in [-0.25, -0.2) is 4.39 Å². The largest absolute Gasteiger partial charge is 0.320 e. The van der Waals surface area contributed by atoms with E-state index in [1.807, 2.05) is 0 Å². The molecular weight excluding hydrogens is 284 g/mol. The molecule has 2 aromatic rings. The van der Waals surface area contributed by atoms with E-state index in [-0.39, 0.29) is 5.69 Å². The lowest BCUT2D eigenvalue weighted by Gasteiger charge is -2.08. The van der Waals surface area contributed by atoms with Crippen LogP contribution in [-0.4, -0.2) is 15.8 Å². The Balaban J connectivity index is 2.42. The number of rotatable bonds is 3. The van der Waals surface area contributed by atoms with Crippen molar-refractivity contribution in [2.24, 2.45) is 0 Å². The molecule has 0 aliphatic carbocycles. The Morgan fingerprint density at radius 3 is 2.67 bits per heavy atom. The molecular formula is C13H9F2N3O3. The smallest absolute Gasteiger partial charge is 0.305 e. The summed E-state index contributed by atoms with van der Waals surface area (Å²) in [5.41, 5.74) is -1.28. The Bertz CT molecular complexity index is 735. The first kappa shape index (κ1) is 14.5. The number of carbonyl (C=O) groups is 1. The molecule has 1 N–H and O–H groups in total. The van der Waals surface area contributed by atoms with Crippen LogP contribution in [0.5, 0.6) is 0 Å². The number of halogens is 2. The minimum atomic E-state index is -1.51. The molecule has 0 saturated heterocycles. The zero-order valence-electron chi connectivity index (χ0n) is 10.8. The molecule has 108 valence electrons. The highest BCUT2D eigenvalue weighted by atomic mass is 19.1. The van der Waals surface area contributed by atoms with Crippen molar-refractivity contribution in [3.05, 3.63) is 63.5 Å². The van der Waals surface area contributed by atoms with Crippen LogP contribution < -0.4 is 5.32 Å². The summed E-state index contributed by atoms with van der Waals surface area (Å²) < 4.78 is 27.5. The molecule has 1 aromatic carbocycles. The van der Waals surface area contributed by atoms with Gasteiger partial charge in [0, 0.05) is 12.3 Å². The van der Waals surface area contributed by atoms with Crippen molar-refractivity contribution in [1.82, 2.24) is 4.98 Å². The first-order valence-electron chi connectivity index (χ1n) is 5.77. The quantitative estimate of drug-likeness (QED) is 0.696. The lowest BCUT2D eigenvalue weighted by atomic mass is 10.1. The van der Waals surface area contributed by atoms with Crippen molar-refractivity contribution < 1.29 is 18.5 Å². The van der Waals surface area contributed by atoms with Gasteiger partial charge in [0.25, 0.3) is 5.91 Å². The van der Waals surface area contributed by atoms with Crippen molar-refractivity contribution >= 4 is 17.3 Å². The fraction of sp³-hybridized carbons (Fsp3) is 0.0769. The average molecular weight is 293 g/mol. The number of nitro groups is 1. The van der Waals surface area contributed by atoms with Gasteiger partial charge in [0.15, 0.2) is 0 Å². The van der Waals surface area contributed by atoms with Crippen molar-refractivity contribution in [3.8, 4) is 0 Å². The van der Waals surface area contributed by atoms with E-state index in [2.05, 4.69) is 10.3 Å². The second kappa shape index (κ2) is 5.61. The van der Waals surface area contributed by atoms with E-state index in [9.17, 15) is 23.7 Å². The highest BCUT2D eigenvalue weighted by Crippen LogP contribution is 2.24. The van der Waals surface area contributed by atoms with Crippen molar-refractivity contribution in [3.63, 3.8) is 0 Å². The van der Waals surface area contributed by atoms with Gasteiger partial charge in [0.1, 0.15) is 11.4 Å². The van der Waals surface area contributed by atoms with Crippen LogP contribution in [0, 0.1) is 28.7 Å². The molecule has 0 unspecified atom stereocenters. The van der Waals surface area contributed by atoms with Crippen LogP contribution in [0.3, 0.4) is 0 Å². The first-order chi connectivity index (χ1) is 9.91. The minimum absolute atomic E-state index is 0.257. The molecule has 1 heterocycles. The summed E-state index contributed by atoms with van der Waals surface area (Å²) in [5.74, 6) is -3.82. The average Bonchev–Trinajstić information content (AvgIpc) is 2.41. The van der Waals surface area contributed by atoms with Gasteiger partial charge in [-0.15, -0.1) is 0 Å². The van der Waals surface area contributed by atoms with Gasteiger partial charge in [-0.1, -0.05) is 0 Å². The fourth-order valence-corrected chi connectivity index (χ4v) is 1.69. The summed E-state index contributed by atoms with van der Waals surface area (Å²) >= 11 is 0. The third kappa shape index (κ3) is 2.83. The number of hydrogen-bond acceptors (Lipinski definition) is 4. The second-order valence-electron chi connectivity index (χ2n) is 4.10. The Morgan fingerprint density at radius 1 is 1.33 bits per heavy atom. The molecule has 0 fully saturated rings. The van der Waals surface area contributed by atoms with E-state index in [0.29, 0.717) is 17.8 Å². The number of hydrogen-bond donors (Lipinski definition) is 1. The predicted octanol–water partition coefficient (Wildman–Crippen LogP) is 2.83. The molecule has 0 aliphatic rings. The Labute approximate surface area is 117 Å². The van der Waals surface area contributed by atoms with Gasteiger partial charge in [0.05, 0.1) is 16.3 Å². The number of pyridine rings is 1. The third-order valence-corrected chi connectivity index (χ3v) is 2.75. The molecule has 2 rings (SSSR count). The topological polar surface area (TPSA) is 85.1 Å². The fourth-order valence-electron chi connectivity index (χ4n) is 1.69. The number of aryl methyl sites for hydroxylation is 1. The molecule has 1 amide bonds. The highest BCUT2D eigenvalue weighted by molar-refractivity contribution is 6.05. The minimum Gasteiger partial charge on any atom is -0.320 e. The molecule has 0 aliphatic heterocycles. The van der Waals surface area contributed by atoms with Crippen molar-refractivity contribution in [2.45, 2.75) is 6.92 Å². The summed E-state index contributed by atoms with van der Waals surface area (Å²) in [6.45, 7) is 1.59. The van der Waals surface area contributed by atoms with Crippen LogP contribution in [0.2, 0.25) is 0 Å². The normalized spacial score (nSPS) is 10.2. The molecule has 0 saturated carbocycles. The van der Waals surface area contributed by atoms with Crippen molar-refractivity contribution in [2.75, 3.05) is 5.32 Å². The summed E-state index contributed by atoms with van der Waals surface area (Å²) in [7, 11) is 0. The predicted molar refractivity (Wildman–Crippen MR) is 69.9 cm³/mol. The number of carbonyl (C=O) groups excluding carboxylic acids is 1. The third-order valence-electron chi connectivity index (χ3n) is 2.75. The number of nitrogens with one attached hydrogen (secondary N) is 1. The summed E-state index contributed by atoms with van der Waals surface area (Å²) in [5, 5.41) is 12.9. The summed E-state index contributed by atoms with van der Waals surface area (Å²) in [4.78, 5) is 25.4. The number of benzene rings is 1. The molecule has 0 atom stereocenters. The van der Waals surface area contributed by atoms with Gasteiger partial charge in [-0.3, -0.25) is 19.9 Å². The van der Waals surface area contributed by atoms with Gasteiger partial charge < -0.3 is 5.32 Å². The molecule has 6 nitrogen and oxygen atoms in total. The Hall–Kier alpha value is -2.90. The van der Waals surface area contributed by atoms with Gasteiger partial charge in [-0.05, 0) is 25.1 Å². The number of anilines is 1. The number of nitrogens with zero attached hydrogens (tertiary/aromatic N) is 2. The van der Waals surface area contributed by atoms with Gasteiger partial charge in [-0.2, -0.15) is 4.39 Å².